The van der Waals surface area contributed by atoms with Crippen molar-refractivity contribution in [2.75, 3.05) is 26.2 Å². The number of nitrogens with one attached hydrogen (secondary N) is 1. The van der Waals surface area contributed by atoms with Crippen LogP contribution in [0, 0.1) is 11.3 Å². The molecule has 1 heterocycles. The van der Waals surface area contributed by atoms with Gasteiger partial charge < -0.3 is 10.2 Å². The van der Waals surface area contributed by atoms with Crippen LogP contribution in [0.25, 0.3) is 0 Å². The van der Waals surface area contributed by atoms with Crippen molar-refractivity contribution in [1.29, 1.82) is 0 Å². The second-order valence-electron chi connectivity index (χ2n) is 7.53. The van der Waals surface area contributed by atoms with E-state index in [-0.39, 0.29) is 0 Å². The predicted octanol–water partition coefficient (Wildman–Crippen LogP) is 3.67. The van der Waals surface area contributed by atoms with Crippen molar-refractivity contribution in [2.24, 2.45) is 11.3 Å². The Kier molecular flexibility index (Phi) is 5.70. The van der Waals surface area contributed by atoms with Gasteiger partial charge in [-0.25, -0.2) is 0 Å². The Hall–Kier alpha value is -0.0800. The zero-order valence-corrected chi connectivity index (χ0v) is 13.4. The molecular formula is C17H34N2. The zero-order valence-electron chi connectivity index (χ0n) is 13.4. The first kappa shape index (κ1) is 15.3. The second kappa shape index (κ2) is 7.08. The average Bonchev–Trinajstić information content (AvgIpc) is 2.59. The minimum absolute atomic E-state index is 0.584. The van der Waals surface area contributed by atoms with Gasteiger partial charge in [0, 0.05) is 12.6 Å². The fraction of sp³-hybridized carbons (Fsp3) is 1.00. The fourth-order valence-corrected chi connectivity index (χ4v) is 3.81. The van der Waals surface area contributed by atoms with Gasteiger partial charge in [0.05, 0.1) is 0 Å². The molecule has 112 valence electrons. The summed E-state index contributed by atoms with van der Waals surface area (Å²) in [5.74, 6) is 0.892. The molecule has 1 saturated heterocycles. The summed E-state index contributed by atoms with van der Waals surface area (Å²) in [5.41, 5.74) is 0.584. The molecule has 2 atom stereocenters. The number of hydrogen-bond donors (Lipinski definition) is 1. The van der Waals surface area contributed by atoms with Gasteiger partial charge in [-0.3, -0.25) is 0 Å². The lowest BCUT2D eigenvalue weighted by Crippen LogP contribution is -2.45. The van der Waals surface area contributed by atoms with Gasteiger partial charge in [0.2, 0.25) is 0 Å². The summed E-state index contributed by atoms with van der Waals surface area (Å²) < 4.78 is 0. The van der Waals surface area contributed by atoms with Crippen LogP contribution in [-0.2, 0) is 0 Å². The van der Waals surface area contributed by atoms with Gasteiger partial charge in [-0.2, -0.15) is 0 Å². The Morgan fingerprint density at radius 3 is 2.42 bits per heavy atom. The lowest BCUT2D eigenvalue weighted by molar-refractivity contribution is 0.106. The molecule has 0 aromatic carbocycles. The monoisotopic (exact) mass is 266 g/mol. The quantitative estimate of drug-likeness (QED) is 0.781. The molecule has 0 aromatic rings. The normalized spacial score (nSPS) is 33.0. The third-order valence-electron chi connectivity index (χ3n) is 5.33. The molecule has 2 aliphatic rings. The maximum Gasteiger partial charge on any atom is 0.0107 e. The molecule has 0 aromatic heterocycles. The van der Waals surface area contributed by atoms with Crippen molar-refractivity contribution in [1.82, 2.24) is 10.2 Å². The van der Waals surface area contributed by atoms with Crippen molar-refractivity contribution in [3.05, 3.63) is 0 Å². The van der Waals surface area contributed by atoms with E-state index in [1.54, 1.807) is 0 Å². The smallest absolute Gasteiger partial charge is 0.0107 e. The molecule has 0 spiro atoms. The number of likely N-dealkylation sites (tertiary alicyclic amines) is 1. The van der Waals surface area contributed by atoms with E-state index in [0.717, 1.165) is 18.5 Å². The third kappa shape index (κ3) is 4.75. The van der Waals surface area contributed by atoms with Crippen molar-refractivity contribution in [3.8, 4) is 0 Å². The van der Waals surface area contributed by atoms with Crippen molar-refractivity contribution >= 4 is 0 Å². The van der Waals surface area contributed by atoms with Crippen LogP contribution in [0.1, 0.15) is 65.7 Å². The molecule has 1 aliphatic carbocycles. The zero-order chi connectivity index (χ0) is 13.7. The first-order valence-electron chi connectivity index (χ1n) is 8.56. The minimum Gasteiger partial charge on any atom is -0.314 e. The van der Waals surface area contributed by atoms with Crippen LogP contribution in [0.5, 0.6) is 0 Å². The van der Waals surface area contributed by atoms with E-state index < -0.39 is 0 Å². The largest absolute Gasteiger partial charge is 0.314 e. The Bertz CT molecular complexity index is 252. The van der Waals surface area contributed by atoms with Crippen LogP contribution in [0.15, 0.2) is 0 Å². The number of nitrogens with zero attached hydrogens (tertiary/aromatic N) is 1. The number of rotatable bonds is 4. The molecule has 2 unspecified atom stereocenters. The first-order valence-corrected chi connectivity index (χ1v) is 8.56. The van der Waals surface area contributed by atoms with E-state index in [0.29, 0.717) is 5.41 Å². The Morgan fingerprint density at radius 2 is 1.74 bits per heavy atom. The Labute approximate surface area is 120 Å². The molecule has 0 radical (unpaired) electrons. The van der Waals surface area contributed by atoms with Gasteiger partial charge in [0.25, 0.3) is 0 Å². The lowest BCUT2D eigenvalue weighted by atomic mass is 9.82. The van der Waals surface area contributed by atoms with Crippen LogP contribution < -0.4 is 5.32 Å². The molecule has 2 nitrogen and oxygen atoms in total. The van der Waals surface area contributed by atoms with E-state index in [1.807, 2.05) is 0 Å². The maximum atomic E-state index is 3.75. The molecular weight excluding hydrogens is 232 g/mol. The second-order valence-corrected chi connectivity index (χ2v) is 7.53. The highest BCUT2D eigenvalue weighted by Crippen LogP contribution is 2.31. The van der Waals surface area contributed by atoms with E-state index in [9.17, 15) is 0 Å². The molecule has 0 amide bonds. The highest BCUT2D eigenvalue weighted by molar-refractivity contribution is 4.85. The van der Waals surface area contributed by atoms with Crippen molar-refractivity contribution in [3.63, 3.8) is 0 Å². The molecule has 2 rings (SSSR count). The molecule has 2 fully saturated rings. The average molecular weight is 266 g/mol. The summed E-state index contributed by atoms with van der Waals surface area (Å²) >= 11 is 0. The summed E-state index contributed by atoms with van der Waals surface area (Å²) in [6.45, 7) is 12.2. The van der Waals surface area contributed by atoms with Gasteiger partial charge in [0.1, 0.15) is 0 Å². The fourth-order valence-electron chi connectivity index (χ4n) is 3.81. The SMILES string of the molecule is CCNC1CCCCCC1CN1CCC(C)(C)CC1. The summed E-state index contributed by atoms with van der Waals surface area (Å²) in [6, 6.07) is 0.780. The summed E-state index contributed by atoms with van der Waals surface area (Å²) in [4.78, 5) is 2.74. The van der Waals surface area contributed by atoms with Crippen LogP contribution >= 0.6 is 0 Å². The first-order chi connectivity index (χ1) is 9.11. The molecule has 19 heavy (non-hydrogen) atoms. The van der Waals surface area contributed by atoms with Gasteiger partial charge in [-0.15, -0.1) is 0 Å². The minimum atomic E-state index is 0.584. The van der Waals surface area contributed by atoms with Gasteiger partial charge in [-0.1, -0.05) is 40.0 Å². The Morgan fingerprint density at radius 1 is 1.05 bits per heavy atom. The van der Waals surface area contributed by atoms with E-state index in [1.165, 1.54) is 64.6 Å². The highest BCUT2D eigenvalue weighted by Gasteiger charge is 2.29. The molecule has 1 aliphatic heterocycles. The van der Waals surface area contributed by atoms with Crippen LogP contribution in [-0.4, -0.2) is 37.1 Å². The standard InChI is InChI=1S/C17H34N2/c1-4-18-16-9-7-5-6-8-15(16)14-19-12-10-17(2,3)11-13-19/h15-16,18H,4-14H2,1-3H3. The van der Waals surface area contributed by atoms with Crippen molar-refractivity contribution in [2.45, 2.75) is 71.8 Å². The lowest BCUT2D eigenvalue weighted by Gasteiger charge is -2.39. The van der Waals surface area contributed by atoms with Crippen molar-refractivity contribution < 1.29 is 0 Å². The summed E-state index contributed by atoms with van der Waals surface area (Å²) in [7, 11) is 0. The van der Waals surface area contributed by atoms with E-state index in [4.69, 9.17) is 0 Å². The molecule has 1 saturated carbocycles. The van der Waals surface area contributed by atoms with Gasteiger partial charge in [0.15, 0.2) is 0 Å². The van der Waals surface area contributed by atoms with Crippen LogP contribution in [0.2, 0.25) is 0 Å². The van der Waals surface area contributed by atoms with E-state index >= 15 is 0 Å². The van der Waals surface area contributed by atoms with E-state index in [2.05, 4.69) is 31.0 Å². The number of piperidine rings is 1. The third-order valence-corrected chi connectivity index (χ3v) is 5.33. The van der Waals surface area contributed by atoms with Crippen LogP contribution in [0.3, 0.4) is 0 Å². The number of hydrogen-bond acceptors (Lipinski definition) is 2. The molecule has 1 N–H and O–H groups in total. The highest BCUT2D eigenvalue weighted by atomic mass is 15.1. The maximum absolute atomic E-state index is 3.75. The van der Waals surface area contributed by atoms with Crippen LogP contribution in [0.4, 0.5) is 0 Å². The summed E-state index contributed by atoms with van der Waals surface area (Å²) in [6.07, 6.45) is 9.94. The van der Waals surface area contributed by atoms with Gasteiger partial charge >= 0.3 is 0 Å². The molecule has 0 bridgehead atoms. The topological polar surface area (TPSA) is 15.3 Å². The molecule has 2 heteroatoms. The summed E-state index contributed by atoms with van der Waals surface area (Å²) in [5, 5.41) is 3.75. The predicted molar refractivity (Wildman–Crippen MR) is 83.5 cm³/mol. The Balaban J connectivity index is 1.84. The van der Waals surface area contributed by atoms with Gasteiger partial charge in [-0.05, 0) is 56.7 Å².